The number of hydrogen-bond acceptors (Lipinski definition) is 2. The molecule has 3 nitrogen and oxygen atoms in total. The van der Waals surface area contributed by atoms with Gasteiger partial charge < -0.3 is 10.7 Å². The predicted octanol–water partition coefficient (Wildman–Crippen LogP) is 1.03. The molecule has 0 saturated carbocycles. The Bertz CT molecular complexity index is 224. The Morgan fingerprint density at radius 3 is 2.92 bits per heavy atom. The Hall–Kier alpha value is -0.960. The van der Waals surface area contributed by atoms with Gasteiger partial charge in [-0.05, 0) is 44.0 Å². The molecule has 2 rings (SSSR count). The SMILES string of the molecule is c1ccn(NCC2CCCNC2)c1. The van der Waals surface area contributed by atoms with Gasteiger partial charge in [-0.1, -0.05) is 0 Å². The van der Waals surface area contributed by atoms with Gasteiger partial charge in [0.25, 0.3) is 0 Å². The minimum Gasteiger partial charge on any atom is -0.326 e. The van der Waals surface area contributed by atoms with Gasteiger partial charge in [0.05, 0.1) is 0 Å². The van der Waals surface area contributed by atoms with Crippen LogP contribution in [0.4, 0.5) is 0 Å². The summed E-state index contributed by atoms with van der Waals surface area (Å²) in [4.78, 5) is 0. The first kappa shape index (κ1) is 8.63. The maximum Gasteiger partial charge on any atom is 0.0354 e. The standard InChI is InChI=1S/C10H17N3/c1-2-7-13(6-1)12-9-10-4-3-5-11-8-10/h1-2,6-7,10-12H,3-5,8-9H2. The lowest BCUT2D eigenvalue weighted by Crippen LogP contribution is -2.35. The molecular weight excluding hydrogens is 162 g/mol. The van der Waals surface area contributed by atoms with Crippen molar-refractivity contribution in [3.63, 3.8) is 0 Å². The normalized spacial score (nSPS) is 22.9. The molecule has 1 fully saturated rings. The van der Waals surface area contributed by atoms with Gasteiger partial charge in [-0.15, -0.1) is 0 Å². The summed E-state index contributed by atoms with van der Waals surface area (Å²) in [5, 5.41) is 3.42. The van der Waals surface area contributed by atoms with E-state index in [4.69, 9.17) is 0 Å². The van der Waals surface area contributed by atoms with Crippen LogP contribution in [0, 0.1) is 5.92 Å². The molecule has 0 radical (unpaired) electrons. The van der Waals surface area contributed by atoms with E-state index in [9.17, 15) is 0 Å². The van der Waals surface area contributed by atoms with Crippen LogP contribution in [-0.4, -0.2) is 24.3 Å². The Balaban J connectivity index is 1.72. The van der Waals surface area contributed by atoms with Crippen LogP contribution in [0.3, 0.4) is 0 Å². The minimum absolute atomic E-state index is 0.788. The highest BCUT2D eigenvalue weighted by molar-refractivity contribution is 4.93. The molecule has 0 bridgehead atoms. The van der Waals surface area contributed by atoms with Gasteiger partial charge in [-0.2, -0.15) is 0 Å². The molecule has 1 aromatic heterocycles. The molecule has 72 valence electrons. The molecule has 2 heterocycles. The number of hydrogen-bond donors (Lipinski definition) is 2. The molecule has 0 aliphatic carbocycles. The molecular formula is C10H17N3. The molecule has 1 aromatic rings. The van der Waals surface area contributed by atoms with Crippen molar-refractivity contribution in [3.8, 4) is 0 Å². The zero-order valence-corrected chi connectivity index (χ0v) is 7.87. The van der Waals surface area contributed by atoms with E-state index >= 15 is 0 Å². The van der Waals surface area contributed by atoms with Crippen molar-refractivity contribution in [2.45, 2.75) is 12.8 Å². The van der Waals surface area contributed by atoms with Gasteiger partial charge >= 0.3 is 0 Å². The fraction of sp³-hybridized carbons (Fsp3) is 0.600. The van der Waals surface area contributed by atoms with E-state index in [2.05, 4.69) is 10.7 Å². The molecule has 1 saturated heterocycles. The van der Waals surface area contributed by atoms with Gasteiger partial charge in [0.1, 0.15) is 0 Å². The van der Waals surface area contributed by atoms with Gasteiger partial charge in [0.15, 0.2) is 0 Å². The summed E-state index contributed by atoms with van der Waals surface area (Å²) >= 11 is 0. The van der Waals surface area contributed by atoms with Gasteiger partial charge in [-0.3, -0.25) is 4.68 Å². The second kappa shape index (κ2) is 4.33. The van der Waals surface area contributed by atoms with E-state index < -0.39 is 0 Å². The maximum atomic E-state index is 3.42. The minimum atomic E-state index is 0.788. The van der Waals surface area contributed by atoms with Crippen molar-refractivity contribution in [3.05, 3.63) is 24.5 Å². The summed E-state index contributed by atoms with van der Waals surface area (Å²) in [5.41, 5.74) is 3.37. The van der Waals surface area contributed by atoms with E-state index in [1.54, 1.807) is 0 Å². The summed E-state index contributed by atoms with van der Waals surface area (Å²) in [6, 6.07) is 4.07. The molecule has 0 amide bonds. The lowest BCUT2D eigenvalue weighted by molar-refractivity contribution is 0.385. The molecule has 13 heavy (non-hydrogen) atoms. The van der Waals surface area contributed by atoms with E-state index in [1.165, 1.54) is 19.4 Å². The summed E-state index contributed by atoms with van der Waals surface area (Å²) in [5.74, 6) is 0.788. The van der Waals surface area contributed by atoms with Crippen LogP contribution in [0.1, 0.15) is 12.8 Å². The second-order valence-electron chi connectivity index (χ2n) is 3.66. The quantitative estimate of drug-likeness (QED) is 0.725. The molecule has 1 aliphatic rings. The van der Waals surface area contributed by atoms with E-state index in [0.717, 1.165) is 19.0 Å². The smallest absolute Gasteiger partial charge is 0.0354 e. The van der Waals surface area contributed by atoms with Crippen LogP contribution >= 0.6 is 0 Å². The van der Waals surface area contributed by atoms with Crippen molar-refractivity contribution in [2.75, 3.05) is 25.1 Å². The first-order valence-electron chi connectivity index (χ1n) is 5.03. The van der Waals surface area contributed by atoms with E-state index in [0.29, 0.717) is 0 Å². The predicted molar refractivity (Wildman–Crippen MR) is 54.3 cm³/mol. The Morgan fingerprint density at radius 1 is 1.38 bits per heavy atom. The fourth-order valence-corrected chi connectivity index (χ4v) is 1.77. The van der Waals surface area contributed by atoms with Crippen LogP contribution in [0.25, 0.3) is 0 Å². The first-order chi connectivity index (χ1) is 6.45. The van der Waals surface area contributed by atoms with E-state index in [-0.39, 0.29) is 0 Å². The molecule has 3 heteroatoms. The summed E-state index contributed by atoms with van der Waals surface area (Å²) in [6.07, 6.45) is 6.74. The molecule has 1 aliphatic heterocycles. The average molecular weight is 179 g/mol. The lowest BCUT2D eigenvalue weighted by Gasteiger charge is -2.23. The highest BCUT2D eigenvalue weighted by atomic mass is 15.4. The van der Waals surface area contributed by atoms with Crippen LogP contribution in [0.15, 0.2) is 24.5 Å². The first-order valence-corrected chi connectivity index (χ1v) is 5.03. The Labute approximate surface area is 79.1 Å². The van der Waals surface area contributed by atoms with Crippen LogP contribution in [0.5, 0.6) is 0 Å². The summed E-state index contributed by atoms with van der Waals surface area (Å²) < 4.78 is 2.02. The monoisotopic (exact) mass is 179 g/mol. The second-order valence-corrected chi connectivity index (χ2v) is 3.66. The lowest BCUT2D eigenvalue weighted by atomic mass is 10.0. The fourth-order valence-electron chi connectivity index (χ4n) is 1.77. The van der Waals surface area contributed by atoms with Crippen molar-refractivity contribution in [1.82, 2.24) is 9.99 Å². The largest absolute Gasteiger partial charge is 0.326 e. The van der Waals surface area contributed by atoms with Gasteiger partial charge in [0.2, 0.25) is 0 Å². The van der Waals surface area contributed by atoms with Crippen molar-refractivity contribution in [2.24, 2.45) is 5.92 Å². The van der Waals surface area contributed by atoms with Crippen molar-refractivity contribution in [1.29, 1.82) is 0 Å². The van der Waals surface area contributed by atoms with Crippen LogP contribution < -0.4 is 10.7 Å². The maximum absolute atomic E-state index is 3.42. The molecule has 2 N–H and O–H groups in total. The summed E-state index contributed by atoms with van der Waals surface area (Å²) in [6.45, 7) is 3.43. The number of nitrogens with one attached hydrogen (secondary N) is 2. The van der Waals surface area contributed by atoms with Crippen molar-refractivity contribution >= 4 is 0 Å². The molecule has 0 spiro atoms. The molecule has 1 atom stereocenters. The number of rotatable bonds is 3. The Morgan fingerprint density at radius 2 is 2.23 bits per heavy atom. The van der Waals surface area contributed by atoms with E-state index in [1.807, 2.05) is 29.2 Å². The third-order valence-electron chi connectivity index (χ3n) is 2.57. The third-order valence-corrected chi connectivity index (χ3v) is 2.57. The molecule has 0 aromatic carbocycles. The highest BCUT2D eigenvalue weighted by Crippen LogP contribution is 2.08. The summed E-state index contributed by atoms with van der Waals surface area (Å²) in [7, 11) is 0. The average Bonchev–Trinajstić information content (AvgIpc) is 2.69. The number of nitrogens with zero attached hydrogens (tertiary/aromatic N) is 1. The van der Waals surface area contributed by atoms with Gasteiger partial charge in [0, 0.05) is 18.9 Å². The van der Waals surface area contributed by atoms with Crippen LogP contribution in [-0.2, 0) is 0 Å². The highest BCUT2D eigenvalue weighted by Gasteiger charge is 2.11. The van der Waals surface area contributed by atoms with Crippen molar-refractivity contribution < 1.29 is 0 Å². The number of piperidine rings is 1. The zero-order valence-electron chi connectivity index (χ0n) is 7.87. The topological polar surface area (TPSA) is 29.0 Å². The Kier molecular flexibility index (Phi) is 2.87. The zero-order chi connectivity index (χ0) is 8.93. The third kappa shape index (κ3) is 2.49. The number of aromatic nitrogens is 1. The van der Waals surface area contributed by atoms with Gasteiger partial charge in [-0.25, -0.2) is 0 Å². The van der Waals surface area contributed by atoms with Crippen LogP contribution in [0.2, 0.25) is 0 Å². The molecule has 1 unspecified atom stereocenters.